The van der Waals surface area contributed by atoms with Crippen LogP contribution < -0.4 is 27.0 Å². The van der Waals surface area contributed by atoms with Crippen LogP contribution in [0.5, 0.6) is 0 Å². The minimum atomic E-state index is -4.39. The van der Waals surface area contributed by atoms with Crippen molar-refractivity contribution in [2.75, 3.05) is 20.1 Å². The summed E-state index contributed by atoms with van der Waals surface area (Å²) in [6.07, 6.45) is 4.54. The number of aliphatic carboxylic acids is 1. The molecule has 0 radical (unpaired) electrons. The van der Waals surface area contributed by atoms with E-state index in [1.807, 2.05) is 13.8 Å². The summed E-state index contributed by atoms with van der Waals surface area (Å²) in [4.78, 5) is 114. The molecule has 1 aromatic heterocycles. The molecule has 69 heavy (non-hydrogen) atoms. The number of rotatable bonds is 24. The maximum atomic E-state index is 14.9. The minimum Gasteiger partial charge on any atom is -0.479 e. The van der Waals surface area contributed by atoms with Crippen LogP contribution in [-0.4, -0.2) is 124 Å². The predicted molar refractivity (Wildman–Crippen MR) is 252 cm³/mol. The van der Waals surface area contributed by atoms with Gasteiger partial charge in [0.05, 0.1) is 11.4 Å². The van der Waals surface area contributed by atoms with Gasteiger partial charge in [0, 0.05) is 49.1 Å². The largest absolute Gasteiger partial charge is 0.479 e. The van der Waals surface area contributed by atoms with Crippen molar-refractivity contribution >= 4 is 68.3 Å². The first-order chi connectivity index (χ1) is 32.8. The van der Waals surface area contributed by atoms with Crippen LogP contribution in [0, 0.1) is 5.92 Å². The fourth-order valence-electron chi connectivity index (χ4n) is 8.52. The van der Waals surface area contributed by atoms with E-state index < -0.39 is 100 Å². The van der Waals surface area contributed by atoms with E-state index in [2.05, 4.69) is 26.3 Å². The van der Waals surface area contributed by atoms with Gasteiger partial charge in [0.2, 0.25) is 35.6 Å². The van der Waals surface area contributed by atoms with E-state index >= 15 is 0 Å². The standard InChI is InChI=1S/C48H60N8O12S/c1-4-6-16-36(52-38(57)23-20-29-18-21-32(22-19-29)69(66,67)68)44(60)51-28-39(58)53-40(34-27-50-35-17-11-10-15-33(34)35)47(63)56-25-24-31(12-5-2)42(56)45(61)54-41(48(64)65)46(62)55(3)37(43(49)59)26-30-13-8-7-9-14-30/h7-11,13-15,17-19,21-22,27,31,36-37,40-42,50H,4-6,12,16,20,23-26,28H2,1-3H3,(H2,49,59)(H,51,60)(H,52,57)(H,53,58)(H,54,61)(H,64,65)(H,66,67,68). The van der Waals surface area contributed by atoms with Crippen LogP contribution in [-0.2, 0) is 61.3 Å². The Labute approximate surface area is 399 Å². The van der Waals surface area contributed by atoms with Crippen molar-refractivity contribution in [1.82, 2.24) is 36.1 Å². The predicted octanol–water partition coefficient (Wildman–Crippen LogP) is 2.14. The van der Waals surface area contributed by atoms with Gasteiger partial charge in [-0.05, 0) is 60.9 Å². The molecule has 9 N–H and O–H groups in total. The maximum Gasteiger partial charge on any atom is 0.336 e. The Kier molecular flexibility index (Phi) is 18.6. The molecule has 1 aliphatic heterocycles. The molecule has 1 aliphatic rings. The Balaban J connectivity index is 1.32. The number of aromatic nitrogens is 1. The van der Waals surface area contributed by atoms with Gasteiger partial charge in [0.25, 0.3) is 21.9 Å². The molecule has 0 aliphatic carbocycles. The zero-order valence-electron chi connectivity index (χ0n) is 38.7. The van der Waals surface area contributed by atoms with Crippen LogP contribution in [0.4, 0.5) is 0 Å². The van der Waals surface area contributed by atoms with E-state index in [1.54, 1.807) is 60.8 Å². The van der Waals surface area contributed by atoms with Gasteiger partial charge in [-0.3, -0.25) is 38.1 Å². The lowest BCUT2D eigenvalue weighted by Gasteiger charge is -2.32. The van der Waals surface area contributed by atoms with Gasteiger partial charge in [-0.2, -0.15) is 8.42 Å². The van der Waals surface area contributed by atoms with E-state index in [4.69, 9.17) is 5.73 Å². The number of hydrogen-bond donors (Lipinski definition) is 8. The zero-order chi connectivity index (χ0) is 50.4. The van der Waals surface area contributed by atoms with Gasteiger partial charge in [-0.1, -0.05) is 93.8 Å². The zero-order valence-corrected chi connectivity index (χ0v) is 39.5. The molecule has 6 unspecified atom stereocenters. The number of likely N-dealkylation sites (N-methyl/N-ethyl adjacent to an activating group) is 1. The number of amides is 7. The molecule has 3 aromatic carbocycles. The van der Waals surface area contributed by atoms with E-state index in [1.165, 1.54) is 36.2 Å². The number of carboxylic acids is 1. The fraction of sp³-hybridized carbons (Fsp3) is 0.417. The number of carboxylic acid groups (broad SMARTS) is 1. The first-order valence-electron chi connectivity index (χ1n) is 22.8. The number of fused-ring (bicyclic) bond motifs is 1. The number of nitrogens with one attached hydrogen (secondary N) is 5. The number of nitrogens with zero attached hydrogens (tertiary/aromatic N) is 2. The lowest BCUT2D eigenvalue weighted by molar-refractivity contribution is -0.153. The minimum absolute atomic E-state index is 0.0219. The second kappa shape index (κ2) is 24.2. The highest BCUT2D eigenvalue weighted by Crippen LogP contribution is 2.33. The second-order valence-corrected chi connectivity index (χ2v) is 18.5. The van der Waals surface area contributed by atoms with Crippen LogP contribution in [0.3, 0.4) is 0 Å². The third kappa shape index (κ3) is 14.0. The molecule has 5 rings (SSSR count). The topological polar surface area (TPSA) is 308 Å². The number of primary amides is 1. The maximum absolute atomic E-state index is 14.9. The van der Waals surface area contributed by atoms with Crippen LogP contribution >= 0.6 is 0 Å². The number of carbonyl (C=O) groups excluding carboxylic acids is 7. The average molecular weight is 973 g/mol. The van der Waals surface area contributed by atoms with Crippen molar-refractivity contribution < 1.29 is 56.4 Å². The molecule has 0 spiro atoms. The van der Waals surface area contributed by atoms with Gasteiger partial charge in [-0.15, -0.1) is 0 Å². The highest BCUT2D eigenvalue weighted by molar-refractivity contribution is 7.85. The lowest BCUT2D eigenvalue weighted by Crippen LogP contribution is -2.60. The van der Waals surface area contributed by atoms with Crippen molar-refractivity contribution in [3.05, 3.63) is 102 Å². The van der Waals surface area contributed by atoms with Crippen molar-refractivity contribution in [2.24, 2.45) is 11.7 Å². The summed E-state index contributed by atoms with van der Waals surface area (Å²) in [7, 11) is -3.17. The van der Waals surface area contributed by atoms with Crippen LogP contribution in [0.15, 0.2) is 90.0 Å². The van der Waals surface area contributed by atoms with E-state index in [-0.39, 0.29) is 37.1 Å². The Bertz CT molecular complexity index is 2610. The number of benzene rings is 3. The molecular weight excluding hydrogens is 913 g/mol. The van der Waals surface area contributed by atoms with Crippen LogP contribution in [0.2, 0.25) is 0 Å². The molecular formula is C48H60N8O12S. The molecule has 21 heteroatoms. The SMILES string of the molecule is CCCCC(NC(=O)CCc1ccc(S(=O)(=O)O)cc1)C(=O)NCC(=O)NC(C(=O)N1CCC(CCC)C1C(=O)NC(C(=O)O)C(=O)N(C)C(Cc1ccccc1)C(N)=O)c1c[nH]c2ccccc12. The summed E-state index contributed by atoms with van der Waals surface area (Å²) < 4.78 is 32.0. The van der Waals surface area contributed by atoms with Gasteiger partial charge < -0.3 is 46.9 Å². The number of nitrogens with two attached hydrogens (primary N) is 1. The van der Waals surface area contributed by atoms with E-state index in [0.717, 1.165) is 4.90 Å². The number of para-hydroxylation sites is 1. The van der Waals surface area contributed by atoms with Crippen LogP contribution in [0.25, 0.3) is 10.9 Å². The van der Waals surface area contributed by atoms with Gasteiger partial charge in [0.1, 0.15) is 24.2 Å². The Hall–Kier alpha value is -7.13. The van der Waals surface area contributed by atoms with Crippen LogP contribution in [0.1, 0.15) is 81.5 Å². The Morgan fingerprint density at radius 3 is 2.19 bits per heavy atom. The molecule has 4 aromatic rings. The number of carbonyl (C=O) groups is 8. The first kappa shape index (κ1) is 52.8. The number of aromatic amines is 1. The molecule has 0 bridgehead atoms. The molecule has 1 saturated heterocycles. The summed E-state index contributed by atoms with van der Waals surface area (Å²) >= 11 is 0. The first-order valence-corrected chi connectivity index (χ1v) is 24.2. The molecule has 7 amide bonds. The van der Waals surface area contributed by atoms with Crippen molar-refractivity contribution in [2.45, 2.75) is 107 Å². The fourth-order valence-corrected chi connectivity index (χ4v) is 9.00. The van der Waals surface area contributed by atoms with Crippen molar-refractivity contribution in [1.29, 1.82) is 0 Å². The van der Waals surface area contributed by atoms with E-state index in [9.17, 15) is 56.4 Å². The molecule has 370 valence electrons. The molecule has 1 fully saturated rings. The number of H-pyrrole nitrogens is 1. The molecule has 20 nitrogen and oxygen atoms in total. The third-order valence-electron chi connectivity index (χ3n) is 12.2. The smallest absolute Gasteiger partial charge is 0.336 e. The second-order valence-electron chi connectivity index (χ2n) is 17.0. The van der Waals surface area contributed by atoms with Crippen molar-refractivity contribution in [3.63, 3.8) is 0 Å². The Morgan fingerprint density at radius 2 is 1.55 bits per heavy atom. The van der Waals surface area contributed by atoms with Gasteiger partial charge in [0.15, 0.2) is 0 Å². The van der Waals surface area contributed by atoms with Crippen molar-refractivity contribution in [3.8, 4) is 0 Å². The summed E-state index contributed by atoms with van der Waals surface area (Å²) in [5.74, 6) is -7.77. The number of aryl methyl sites for hydroxylation is 1. The summed E-state index contributed by atoms with van der Waals surface area (Å²) in [5, 5.41) is 21.2. The molecule has 6 atom stereocenters. The highest BCUT2D eigenvalue weighted by atomic mass is 32.2. The summed E-state index contributed by atoms with van der Waals surface area (Å²) in [5.41, 5.74) is 7.90. The average Bonchev–Trinajstić information content (AvgIpc) is 3.95. The summed E-state index contributed by atoms with van der Waals surface area (Å²) in [6.45, 7) is 3.21. The van der Waals surface area contributed by atoms with E-state index in [0.29, 0.717) is 59.7 Å². The number of hydrogen-bond acceptors (Lipinski definition) is 10. The summed E-state index contributed by atoms with van der Waals surface area (Å²) in [6, 6.07) is 13.8. The molecule has 2 heterocycles. The van der Waals surface area contributed by atoms with Gasteiger partial charge in [-0.25, -0.2) is 4.79 Å². The highest BCUT2D eigenvalue weighted by Gasteiger charge is 2.46. The number of unbranched alkanes of at least 4 members (excludes halogenated alkanes) is 1. The monoisotopic (exact) mass is 972 g/mol. The van der Waals surface area contributed by atoms with Gasteiger partial charge >= 0.3 is 5.97 Å². The normalized spacial score (nSPS) is 16.4. The lowest BCUT2D eigenvalue weighted by atomic mass is 9.93. The quantitative estimate of drug-likeness (QED) is 0.0370. The Morgan fingerprint density at radius 1 is 0.870 bits per heavy atom. The molecule has 0 saturated carbocycles. The number of likely N-dealkylation sites (tertiary alicyclic amines) is 1. The third-order valence-corrected chi connectivity index (χ3v) is 13.1.